The Balaban J connectivity index is 1.77. The van der Waals surface area contributed by atoms with Crippen LogP contribution in [0.1, 0.15) is 54.0 Å². The molecule has 1 N–H and O–H groups in total. The van der Waals surface area contributed by atoms with Crippen molar-refractivity contribution in [3.05, 3.63) is 63.5 Å². The fourth-order valence-electron chi connectivity index (χ4n) is 2.56. The van der Waals surface area contributed by atoms with Crippen molar-refractivity contribution in [1.29, 1.82) is 0 Å². The van der Waals surface area contributed by atoms with Crippen LogP contribution >= 0.6 is 0 Å². The number of pyridine rings is 2. The number of fused-ring (bicyclic) bond motifs is 1. The minimum atomic E-state index is -0.495. The van der Waals surface area contributed by atoms with Crippen molar-refractivity contribution in [3.8, 4) is 0 Å². The van der Waals surface area contributed by atoms with Crippen molar-refractivity contribution in [1.82, 2.24) is 19.6 Å². The summed E-state index contributed by atoms with van der Waals surface area (Å²) in [7, 11) is 0. The maximum Gasteiger partial charge on any atom is 0.347 e. The third kappa shape index (κ3) is 3.45. The lowest BCUT2D eigenvalue weighted by atomic mass is 10.1. The number of H-pyrrole nitrogens is 1. The Morgan fingerprint density at radius 2 is 2.08 bits per heavy atom. The van der Waals surface area contributed by atoms with Crippen molar-refractivity contribution >= 4 is 11.6 Å². The third-order valence-electron chi connectivity index (χ3n) is 4.02. The number of nitrogens with zero attached hydrogens (tertiary/aromatic N) is 3. The SMILES string of the molecule is CCc1nc(C(C)C)ccc1COC(=O)c1ccc2n[nH]c(=O)n2c1. The van der Waals surface area contributed by atoms with Crippen molar-refractivity contribution in [2.24, 2.45) is 0 Å². The molecule has 3 rings (SSSR count). The van der Waals surface area contributed by atoms with E-state index in [1.165, 1.54) is 10.6 Å². The molecule has 0 aromatic carbocycles. The van der Waals surface area contributed by atoms with Gasteiger partial charge in [-0.1, -0.05) is 26.8 Å². The van der Waals surface area contributed by atoms with Gasteiger partial charge in [-0.25, -0.2) is 19.1 Å². The number of hydrogen-bond acceptors (Lipinski definition) is 5. The van der Waals surface area contributed by atoms with E-state index in [0.717, 1.165) is 23.4 Å². The lowest BCUT2D eigenvalue weighted by Gasteiger charge is -2.12. The normalized spacial score (nSPS) is 11.2. The number of esters is 1. The van der Waals surface area contributed by atoms with E-state index in [2.05, 4.69) is 29.0 Å². The van der Waals surface area contributed by atoms with Crippen LogP contribution in [-0.2, 0) is 17.8 Å². The zero-order valence-corrected chi connectivity index (χ0v) is 14.4. The molecule has 25 heavy (non-hydrogen) atoms. The molecule has 0 amide bonds. The molecule has 0 saturated carbocycles. The highest BCUT2D eigenvalue weighted by atomic mass is 16.5. The molecule has 0 radical (unpaired) electrons. The van der Waals surface area contributed by atoms with Gasteiger partial charge in [0.15, 0.2) is 5.65 Å². The Bertz CT molecular complexity index is 972. The zero-order chi connectivity index (χ0) is 18.0. The highest BCUT2D eigenvalue weighted by Crippen LogP contribution is 2.17. The second-order valence-electron chi connectivity index (χ2n) is 6.10. The molecule has 3 aromatic rings. The number of aromatic nitrogens is 4. The second-order valence-corrected chi connectivity index (χ2v) is 6.10. The number of carbonyl (C=O) groups excluding carboxylic acids is 1. The highest BCUT2D eigenvalue weighted by Gasteiger charge is 2.13. The van der Waals surface area contributed by atoms with Crippen LogP contribution < -0.4 is 5.69 Å². The van der Waals surface area contributed by atoms with E-state index < -0.39 is 11.7 Å². The van der Waals surface area contributed by atoms with E-state index >= 15 is 0 Å². The maximum absolute atomic E-state index is 12.3. The van der Waals surface area contributed by atoms with E-state index in [-0.39, 0.29) is 6.61 Å². The van der Waals surface area contributed by atoms with Gasteiger partial charge in [-0.3, -0.25) is 4.98 Å². The van der Waals surface area contributed by atoms with Crippen molar-refractivity contribution < 1.29 is 9.53 Å². The van der Waals surface area contributed by atoms with Crippen LogP contribution in [0.3, 0.4) is 0 Å². The van der Waals surface area contributed by atoms with Gasteiger partial charge >= 0.3 is 11.7 Å². The molecule has 0 spiro atoms. The summed E-state index contributed by atoms with van der Waals surface area (Å²) in [6, 6.07) is 7.09. The van der Waals surface area contributed by atoms with Crippen molar-refractivity contribution in [2.45, 2.75) is 39.7 Å². The number of carbonyl (C=O) groups is 1. The average molecular weight is 340 g/mol. The van der Waals surface area contributed by atoms with Gasteiger partial charge in [0.1, 0.15) is 6.61 Å². The molecule has 0 aliphatic carbocycles. The molecule has 3 heterocycles. The first-order valence-electron chi connectivity index (χ1n) is 8.22. The van der Waals surface area contributed by atoms with E-state index in [1.54, 1.807) is 12.1 Å². The number of rotatable bonds is 5. The Morgan fingerprint density at radius 1 is 1.28 bits per heavy atom. The molecule has 0 saturated heterocycles. The topological polar surface area (TPSA) is 89.3 Å². The van der Waals surface area contributed by atoms with E-state index in [0.29, 0.717) is 17.1 Å². The highest BCUT2D eigenvalue weighted by molar-refractivity contribution is 5.89. The molecule has 7 nitrogen and oxygen atoms in total. The molecule has 0 atom stereocenters. The lowest BCUT2D eigenvalue weighted by molar-refractivity contribution is 0.0470. The van der Waals surface area contributed by atoms with Crippen LogP contribution in [-0.4, -0.2) is 25.6 Å². The van der Waals surface area contributed by atoms with Crippen molar-refractivity contribution in [3.63, 3.8) is 0 Å². The largest absolute Gasteiger partial charge is 0.457 e. The molecule has 130 valence electrons. The summed E-state index contributed by atoms with van der Waals surface area (Å²) in [5, 5.41) is 6.15. The van der Waals surface area contributed by atoms with Crippen LogP contribution in [0, 0.1) is 0 Å². The number of nitrogens with one attached hydrogen (secondary N) is 1. The summed E-state index contributed by atoms with van der Waals surface area (Å²) in [4.78, 5) is 28.5. The van der Waals surface area contributed by atoms with Gasteiger partial charge in [-0.15, -0.1) is 0 Å². The summed E-state index contributed by atoms with van der Waals surface area (Å²) in [5.41, 5.74) is 3.19. The molecular formula is C18H20N4O3. The van der Waals surface area contributed by atoms with Crippen LogP contribution in [0.2, 0.25) is 0 Å². The number of ether oxygens (including phenoxy) is 1. The summed E-state index contributed by atoms with van der Waals surface area (Å²) in [6.45, 7) is 6.35. The van der Waals surface area contributed by atoms with Gasteiger partial charge in [0.25, 0.3) is 0 Å². The first-order valence-corrected chi connectivity index (χ1v) is 8.22. The average Bonchev–Trinajstić information content (AvgIpc) is 2.99. The van der Waals surface area contributed by atoms with Crippen LogP contribution in [0.4, 0.5) is 0 Å². The maximum atomic E-state index is 12.3. The number of hydrogen-bond donors (Lipinski definition) is 1. The molecular weight excluding hydrogens is 320 g/mol. The molecule has 3 aromatic heterocycles. The predicted octanol–water partition coefficient (Wildman–Crippen LogP) is 2.46. The first-order chi connectivity index (χ1) is 12.0. The molecule has 0 unspecified atom stereocenters. The quantitative estimate of drug-likeness (QED) is 0.721. The molecule has 0 bridgehead atoms. The Morgan fingerprint density at radius 3 is 2.80 bits per heavy atom. The van der Waals surface area contributed by atoms with Gasteiger partial charge in [-0.2, -0.15) is 5.10 Å². The molecule has 7 heteroatoms. The van der Waals surface area contributed by atoms with Crippen LogP contribution in [0.25, 0.3) is 5.65 Å². The minimum Gasteiger partial charge on any atom is -0.457 e. The molecule has 0 fully saturated rings. The van der Waals surface area contributed by atoms with E-state index in [9.17, 15) is 9.59 Å². The Hall–Kier alpha value is -2.96. The Kier molecular flexibility index (Phi) is 4.65. The van der Waals surface area contributed by atoms with Gasteiger partial charge in [0.05, 0.1) is 5.56 Å². The predicted molar refractivity (Wildman–Crippen MR) is 92.6 cm³/mol. The smallest absolute Gasteiger partial charge is 0.347 e. The third-order valence-corrected chi connectivity index (χ3v) is 4.02. The van der Waals surface area contributed by atoms with E-state index in [1.807, 2.05) is 19.1 Å². The fraction of sp³-hybridized carbons (Fsp3) is 0.333. The Labute approximate surface area is 144 Å². The second kappa shape index (κ2) is 6.88. The molecule has 0 aliphatic heterocycles. The lowest BCUT2D eigenvalue weighted by Crippen LogP contribution is -2.13. The molecule has 0 aliphatic rings. The monoisotopic (exact) mass is 340 g/mol. The first kappa shape index (κ1) is 16.9. The van der Waals surface area contributed by atoms with Crippen LogP contribution in [0.15, 0.2) is 35.3 Å². The van der Waals surface area contributed by atoms with Gasteiger partial charge < -0.3 is 4.74 Å². The zero-order valence-electron chi connectivity index (χ0n) is 14.4. The van der Waals surface area contributed by atoms with Gasteiger partial charge in [0.2, 0.25) is 0 Å². The van der Waals surface area contributed by atoms with Crippen molar-refractivity contribution in [2.75, 3.05) is 0 Å². The summed E-state index contributed by atoms with van der Waals surface area (Å²) in [5.74, 6) is -0.146. The summed E-state index contributed by atoms with van der Waals surface area (Å²) >= 11 is 0. The summed E-state index contributed by atoms with van der Waals surface area (Å²) < 4.78 is 6.67. The van der Waals surface area contributed by atoms with E-state index in [4.69, 9.17) is 4.74 Å². The number of aryl methyl sites for hydroxylation is 1. The minimum absolute atomic E-state index is 0.145. The number of aromatic amines is 1. The van der Waals surface area contributed by atoms with Gasteiger partial charge in [-0.05, 0) is 30.5 Å². The van der Waals surface area contributed by atoms with Crippen LogP contribution in [0.5, 0.6) is 0 Å². The fourth-order valence-corrected chi connectivity index (χ4v) is 2.56. The standard InChI is InChI=1S/C18H20N4O3/c1-4-14-13(5-7-15(19-14)11(2)3)10-25-17(23)12-6-8-16-20-21-18(24)22(16)9-12/h5-9,11H,4,10H2,1-3H3,(H,21,24). The van der Waals surface area contributed by atoms with Gasteiger partial charge in [0, 0.05) is 23.1 Å². The summed E-state index contributed by atoms with van der Waals surface area (Å²) in [6.07, 6.45) is 2.19.